The molecule has 0 aromatic carbocycles. The number of nitrogens with zero attached hydrogens (tertiary/aromatic N) is 1. The Morgan fingerprint density at radius 2 is 1.12 bits per heavy atom. The van der Waals surface area contributed by atoms with E-state index in [0.29, 0.717) is 33.0 Å². The molecule has 0 aliphatic rings. The van der Waals surface area contributed by atoms with Crippen LogP contribution in [-0.4, -0.2) is 76.4 Å². The zero-order valence-corrected chi connectivity index (χ0v) is 16.1. The zero-order chi connectivity index (χ0) is 17.7. The highest BCUT2D eigenvalue weighted by Gasteiger charge is 1.99. The first-order valence-electron chi connectivity index (χ1n) is 9.84. The van der Waals surface area contributed by atoms with Gasteiger partial charge in [0.1, 0.15) is 0 Å². The quantitative estimate of drug-likeness (QED) is 0.343. The molecule has 0 rings (SSSR count). The Hall–Kier alpha value is -0.200. The van der Waals surface area contributed by atoms with Gasteiger partial charge < -0.3 is 24.2 Å². The van der Waals surface area contributed by atoms with Gasteiger partial charge in [-0.1, -0.05) is 51.9 Å². The minimum atomic E-state index is 0.0651. The van der Waals surface area contributed by atoms with Gasteiger partial charge in [-0.05, 0) is 20.0 Å². The molecule has 0 unspecified atom stereocenters. The normalized spacial score (nSPS) is 11.5. The van der Waals surface area contributed by atoms with Crippen LogP contribution in [0.15, 0.2) is 0 Å². The van der Waals surface area contributed by atoms with Crippen molar-refractivity contribution in [1.29, 1.82) is 0 Å². The van der Waals surface area contributed by atoms with Gasteiger partial charge in [0.25, 0.3) is 0 Å². The maximum atomic E-state index is 8.54. The molecule has 0 atom stereocenters. The molecule has 0 spiro atoms. The smallest absolute Gasteiger partial charge is 0.0701 e. The third-order valence-corrected chi connectivity index (χ3v) is 3.99. The molecule has 5 heteroatoms. The summed E-state index contributed by atoms with van der Waals surface area (Å²) in [5.41, 5.74) is 0. The minimum Gasteiger partial charge on any atom is -0.394 e. The van der Waals surface area contributed by atoms with Gasteiger partial charge in [0.2, 0.25) is 0 Å². The van der Waals surface area contributed by atoms with Crippen molar-refractivity contribution >= 4 is 0 Å². The fourth-order valence-corrected chi connectivity index (χ4v) is 2.45. The number of ether oxygens (including phenoxy) is 3. The second-order valence-corrected chi connectivity index (χ2v) is 6.34. The number of aliphatic hydroxyl groups excluding tert-OH is 1. The first kappa shape index (κ1) is 23.8. The van der Waals surface area contributed by atoms with Gasteiger partial charge in [-0.25, -0.2) is 0 Å². The summed E-state index contributed by atoms with van der Waals surface area (Å²) in [5, 5.41) is 8.54. The number of hydrogen-bond donors (Lipinski definition) is 1. The summed E-state index contributed by atoms with van der Waals surface area (Å²) in [7, 11) is 2.17. The van der Waals surface area contributed by atoms with E-state index in [4.69, 9.17) is 19.3 Å². The predicted molar refractivity (Wildman–Crippen MR) is 99.6 cm³/mol. The SMILES string of the molecule is CCCCCCCCCCN(C)CCOCCOCCOCCO. The first-order chi connectivity index (χ1) is 11.8. The monoisotopic (exact) mass is 347 g/mol. The van der Waals surface area contributed by atoms with E-state index in [2.05, 4.69) is 18.9 Å². The Labute approximate surface area is 149 Å². The summed E-state index contributed by atoms with van der Waals surface area (Å²) in [6, 6.07) is 0. The average molecular weight is 348 g/mol. The van der Waals surface area contributed by atoms with E-state index in [0.717, 1.165) is 19.7 Å². The number of hydrogen-bond acceptors (Lipinski definition) is 5. The number of unbranched alkanes of at least 4 members (excludes halogenated alkanes) is 7. The Morgan fingerprint density at radius 3 is 1.71 bits per heavy atom. The molecule has 1 N–H and O–H groups in total. The second kappa shape index (κ2) is 20.8. The molecule has 0 aliphatic heterocycles. The van der Waals surface area contributed by atoms with E-state index >= 15 is 0 Å². The van der Waals surface area contributed by atoms with Crippen molar-refractivity contribution in [2.45, 2.75) is 58.3 Å². The van der Waals surface area contributed by atoms with Crippen LogP contribution in [0.3, 0.4) is 0 Å². The lowest BCUT2D eigenvalue weighted by Crippen LogP contribution is -2.25. The van der Waals surface area contributed by atoms with Crippen molar-refractivity contribution in [3.8, 4) is 0 Å². The number of likely N-dealkylation sites (N-methyl/N-ethyl adjacent to an activating group) is 1. The van der Waals surface area contributed by atoms with Crippen molar-refractivity contribution in [3.63, 3.8) is 0 Å². The van der Waals surface area contributed by atoms with Crippen LogP contribution in [0.4, 0.5) is 0 Å². The molecule has 0 aromatic heterocycles. The first-order valence-corrected chi connectivity index (χ1v) is 9.84. The molecule has 0 heterocycles. The van der Waals surface area contributed by atoms with Gasteiger partial charge in [-0.3, -0.25) is 0 Å². The third kappa shape index (κ3) is 19.8. The molecule has 0 saturated heterocycles. The fourth-order valence-electron chi connectivity index (χ4n) is 2.45. The van der Waals surface area contributed by atoms with Crippen molar-refractivity contribution in [2.24, 2.45) is 0 Å². The van der Waals surface area contributed by atoms with Crippen molar-refractivity contribution in [1.82, 2.24) is 4.90 Å². The number of aliphatic hydroxyl groups is 1. The highest BCUT2D eigenvalue weighted by Crippen LogP contribution is 2.08. The summed E-state index contributed by atoms with van der Waals surface area (Å²) in [4.78, 5) is 2.35. The van der Waals surface area contributed by atoms with Gasteiger partial charge in [0.15, 0.2) is 0 Å². The molecule has 0 amide bonds. The molecule has 146 valence electrons. The van der Waals surface area contributed by atoms with Gasteiger partial charge >= 0.3 is 0 Å². The highest BCUT2D eigenvalue weighted by atomic mass is 16.5. The van der Waals surface area contributed by atoms with Crippen LogP contribution in [0.1, 0.15) is 58.3 Å². The van der Waals surface area contributed by atoms with E-state index in [1.165, 1.54) is 51.4 Å². The molecule has 24 heavy (non-hydrogen) atoms. The Bertz CT molecular complexity index is 229. The molecule has 0 saturated carbocycles. The van der Waals surface area contributed by atoms with E-state index in [-0.39, 0.29) is 6.61 Å². The topological polar surface area (TPSA) is 51.2 Å². The summed E-state index contributed by atoms with van der Waals surface area (Å²) in [6.45, 7) is 7.94. The lowest BCUT2D eigenvalue weighted by atomic mass is 10.1. The fraction of sp³-hybridized carbons (Fsp3) is 1.00. The van der Waals surface area contributed by atoms with Gasteiger partial charge in [0.05, 0.1) is 46.2 Å². The largest absolute Gasteiger partial charge is 0.394 e. The molecule has 5 nitrogen and oxygen atoms in total. The van der Waals surface area contributed by atoms with E-state index in [9.17, 15) is 0 Å². The summed E-state index contributed by atoms with van der Waals surface area (Å²) >= 11 is 0. The van der Waals surface area contributed by atoms with Gasteiger partial charge in [0, 0.05) is 6.54 Å². The van der Waals surface area contributed by atoms with Crippen LogP contribution in [0.25, 0.3) is 0 Å². The van der Waals surface area contributed by atoms with Crippen molar-refractivity contribution in [3.05, 3.63) is 0 Å². The van der Waals surface area contributed by atoms with Crippen LogP contribution < -0.4 is 0 Å². The molecule has 0 radical (unpaired) electrons. The molecule has 0 aromatic rings. The standard InChI is InChI=1S/C19H41NO4/c1-3-4-5-6-7-8-9-10-11-20(2)12-14-22-16-18-24-19-17-23-15-13-21/h21H,3-19H2,1-2H3. The van der Waals surface area contributed by atoms with Crippen LogP contribution >= 0.6 is 0 Å². The lowest BCUT2D eigenvalue weighted by molar-refractivity contribution is 0.00536. The third-order valence-electron chi connectivity index (χ3n) is 3.99. The van der Waals surface area contributed by atoms with Crippen LogP contribution in [-0.2, 0) is 14.2 Å². The van der Waals surface area contributed by atoms with E-state index in [1.807, 2.05) is 0 Å². The summed E-state index contributed by atoms with van der Waals surface area (Å²) < 4.78 is 16.0. The van der Waals surface area contributed by atoms with Gasteiger partial charge in [-0.15, -0.1) is 0 Å². The maximum absolute atomic E-state index is 8.54. The number of rotatable bonds is 20. The maximum Gasteiger partial charge on any atom is 0.0701 e. The van der Waals surface area contributed by atoms with E-state index in [1.54, 1.807) is 0 Å². The summed E-state index contributed by atoms with van der Waals surface area (Å²) in [6.07, 6.45) is 11.0. The average Bonchev–Trinajstić information content (AvgIpc) is 2.59. The second-order valence-electron chi connectivity index (χ2n) is 6.34. The minimum absolute atomic E-state index is 0.0651. The Balaban J connectivity index is 3.11. The van der Waals surface area contributed by atoms with Gasteiger partial charge in [-0.2, -0.15) is 0 Å². The Morgan fingerprint density at radius 1 is 0.625 bits per heavy atom. The van der Waals surface area contributed by atoms with Crippen molar-refractivity contribution in [2.75, 3.05) is 66.4 Å². The lowest BCUT2D eigenvalue weighted by Gasteiger charge is -2.16. The van der Waals surface area contributed by atoms with Crippen LogP contribution in [0.2, 0.25) is 0 Å². The van der Waals surface area contributed by atoms with E-state index < -0.39 is 0 Å². The zero-order valence-electron chi connectivity index (χ0n) is 16.1. The Kier molecular flexibility index (Phi) is 20.7. The predicted octanol–water partition coefficient (Wildman–Crippen LogP) is 3.10. The molecular weight excluding hydrogens is 306 g/mol. The molecular formula is C19H41NO4. The molecule has 0 bridgehead atoms. The molecule has 0 aliphatic carbocycles. The van der Waals surface area contributed by atoms with Crippen molar-refractivity contribution < 1.29 is 19.3 Å². The summed E-state index contributed by atoms with van der Waals surface area (Å²) in [5.74, 6) is 0. The highest BCUT2D eigenvalue weighted by molar-refractivity contribution is 4.52. The molecule has 0 fully saturated rings. The van der Waals surface area contributed by atoms with Crippen LogP contribution in [0, 0.1) is 0 Å². The van der Waals surface area contributed by atoms with Crippen LogP contribution in [0.5, 0.6) is 0 Å².